The minimum atomic E-state index is -0.997. The third-order valence-corrected chi connectivity index (χ3v) is 2.09. The van der Waals surface area contributed by atoms with Crippen molar-refractivity contribution in [3.05, 3.63) is 28.8 Å². The second-order valence-electron chi connectivity index (χ2n) is 1.97. The van der Waals surface area contributed by atoms with Gasteiger partial charge in [-0.3, -0.25) is 0 Å². The van der Waals surface area contributed by atoms with E-state index in [1.165, 1.54) is 6.07 Å². The zero-order valence-electron chi connectivity index (χ0n) is 5.41. The van der Waals surface area contributed by atoms with Crippen LogP contribution in [0, 0.1) is 0 Å². The molecule has 0 aromatic heterocycles. The quantitative estimate of drug-likeness (QED) is 0.726. The van der Waals surface area contributed by atoms with Gasteiger partial charge in [-0.05, 0) is 0 Å². The van der Waals surface area contributed by atoms with Crippen molar-refractivity contribution < 1.29 is 9.90 Å². The van der Waals surface area contributed by atoms with Gasteiger partial charge in [0, 0.05) is 0 Å². The van der Waals surface area contributed by atoms with Crippen LogP contribution in [0.25, 0.3) is 0 Å². The first-order valence-corrected chi connectivity index (χ1v) is 4.14. The first kappa shape index (κ1) is 8.63. The Morgan fingerprint density at radius 2 is 2.18 bits per heavy atom. The number of carboxylic acids is 1. The van der Waals surface area contributed by atoms with E-state index in [1.807, 2.05) is 0 Å². The number of hydrogen-bond donors (Lipinski definition) is 1. The van der Waals surface area contributed by atoms with Crippen LogP contribution in [0.1, 0.15) is 10.4 Å². The molecule has 0 fully saturated rings. The van der Waals surface area contributed by atoms with Crippen molar-refractivity contribution >= 4 is 38.8 Å². The SMILES string of the molecule is O=C(O)c1cc([As])ccc1Cl. The summed E-state index contributed by atoms with van der Waals surface area (Å²) in [4.78, 5) is 10.5. The summed E-state index contributed by atoms with van der Waals surface area (Å²) in [7, 11) is 0. The van der Waals surface area contributed by atoms with E-state index in [0.29, 0.717) is 0 Å². The summed E-state index contributed by atoms with van der Waals surface area (Å²) in [5.74, 6) is -0.997. The summed E-state index contributed by atoms with van der Waals surface area (Å²) in [6.45, 7) is 0. The van der Waals surface area contributed by atoms with Gasteiger partial charge in [0.1, 0.15) is 0 Å². The van der Waals surface area contributed by atoms with Gasteiger partial charge in [-0.15, -0.1) is 0 Å². The van der Waals surface area contributed by atoms with Gasteiger partial charge in [0.2, 0.25) is 0 Å². The fourth-order valence-electron chi connectivity index (χ4n) is 0.677. The van der Waals surface area contributed by atoms with Gasteiger partial charge in [0.15, 0.2) is 0 Å². The zero-order chi connectivity index (χ0) is 8.43. The van der Waals surface area contributed by atoms with Crippen molar-refractivity contribution in [2.45, 2.75) is 0 Å². The predicted molar refractivity (Wildman–Crippen MR) is 43.8 cm³/mol. The van der Waals surface area contributed by atoms with E-state index in [4.69, 9.17) is 16.7 Å². The van der Waals surface area contributed by atoms with Crippen molar-refractivity contribution in [2.75, 3.05) is 0 Å². The molecule has 0 aliphatic carbocycles. The van der Waals surface area contributed by atoms with Crippen molar-refractivity contribution in [1.82, 2.24) is 0 Å². The standard InChI is InChI=1S/C7H4AsClO2/c8-4-1-2-6(9)5(3-4)7(10)11/h1-3H,(H,10,11). The van der Waals surface area contributed by atoms with Crippen molar-refractivity contribution in [3.8, 4) is 0 Å². The van der Waals surface area contributed by atoms with Gasteiger partial charge in [-0.1, -0.05) is 0 Å². The van der Waals surface area contributed by atoms with E-state index in [-0.39, 0.29) is 10.6 Å². The fourth-order valence-corrected chi connectivity index (χ4v) is 1.30. The van der Waals surface area contributed by atoms with Crippen LogP contribution in [-0.2, 0) is 0 Å². The van der Waals surface area contributed by atoms with Crippen LogP contribution < -0.4 is 4.35 Å². The molecule has 1 aromatic rings. The van der Waals surface area contributed by atoms with Crippen molar-refractivity contribution in [1.29, 1.82) is 0 Å². The van der Waals surface area contributed by atoms with Crippen LogP contribution >= 0.6 is 11.6 Å². The second kappa shape index (κ2) is 3.29. The Bertz CT molecular complexity index is 298. The van der Waals surface area contributed by atoms with E-state index in [0.717, 1.165) is 4.35 Å². The Balaban J connectivity index is 3.23. The molecule has 2 nitrogen and oxygen atoms in total. The third kappa shape index (κ3) is 1.98. The summed E-state index contributed by atoms with van der Waals surface area (Å²) in [5, 5.41) is 8.87. The van der Waals surface area contributed by atoms with E-state index < -0.39 is 5.97 Å². The molecule has 1 N–H and O–H groups in total. The average Bonchev–Trinajstić information content (AvgIpc) is 1.94. The molecule has 11 heavy (non-hydrogen) atoms. The van der Waals surface area contributed by atoms with E-state index in [2.05, 4.69) is 16.9 Å². The molecule has 0 amide bonds. The Kier molecular flexibility index (Phi) is 2.58. The summed E-state index contributed by atoms with van der Waals surface area (Å²) < 4.78 is 0.833. The Morgan fingerprint density at radius 3 is 2.64 bits per heavy atom. The molecule has 0 heterocycles. The number of carboxylic acid groups (broad SMARTS) is 1. The molecule has 4 heteroatoms. The molecule has 56 valence electrons. The molecular formula is C7H4AsClO2. The first-order chi connectivity index (χ1) is 5.11. The maximum absolute atomic E-state index is 10.5. The van der Waals surface area contributed by atoms with Crippen LogP contribution in [0.15, 0.2) is 18.2 Å². The van der Waals surface area contributed by atoms with Gasteiger partial charge < -0.3 is 0 Å². The summed E-state index contributed by atoms with van der Waals surface area (Å²) in [6.07, 6.45) is 0. The molecule has 1 rings (SSSR count). The average molecular weight is 230 g/mol. The number of hydrogen-bond acceptors (Lipinski definition) is 1. The normalized spacial score (nSPS) is 9.64. The Morgan fingerprint density at radius 1 is 1.55 bits per heavy atom. The van der Waals surface area contributed by atoms with Gasteiger partial charge in [-0.25, -0.2) is 0 Å². The molecule has 0 aliphatic heterocycles. The Hall–Kier alpha value is -0.462. The topological polar surface area (TPSA) is 37.3 Å². The minimum absolute atomic E-state index is 0.143. The van der Waals surface area contributed by atoms with Crippen LogP contribution in [0.4, 0.5) is 0 Å². The monoisotopic (exact) mass is 230 g/mol. The molecule has 0 atom stereocenters. The molecule has 0 saturated heterocycles. The molecular weight excluding hydrogens is 226 g/mol. The van der Waals surface area contributed by atoms with E-state index >= 15 is 0 Å². The van der Waals surface area contributed by atoms with Crippen molar-refractivity contribution in [3.63, 3.8) is 0 Å². The van der Waals surface area contributed by atoms with Crippen LogP contribution in [0.3, 0.4) is 0 Å². The number of aromatic carboxylic acids is 1. The van der Waals surface area contributed by atoms with E-state index in [1.54, 1.807) is 12.1 Å². The predicted octanol–water partition coefficient (Wildman–Crippen LogP) is 0.832. The molecule has 0 saturated carbocycles. The number of benzene rings is 1. The fraction of sp³-hybridized carbons (Fsp3) is 0. The number of rotatable bonds is 1. The van der Waals surface area contributed by atoms with Gasteiger partial charge in [0.25, 0.3) is 0 Å². The summed E-state index contributed by atoms with van der Waals surface area (Å²) >= 11 is 7.87. The Labute approximate surface area is 77.7 Å². The molecule has 0 bridgehead atoms. The van der Waals surface area contributed by atoms with Crippen molar-refractivity contribution in [2.24, 2.45) is 0 Å². The second-order valence-corrected chi connectivity index (χ2v) is 3.46. The molecule has 0 unspecified atom stereocenters. The van der Waals surface area contributed by atoms with Crippen LogP contribution in [-0.4, -0.2) is 27.9 Å². The van der Waals surface area contributed by atoms with Crippen LogP contribution in [0.2, 0.25) is 5.02 Å². The number of halogens is 1. The van der Waals surface area contributed by atoms with Gasteiger partial charge in [-0.2, -0.15) is 0 Å². The summed E-state index contributed by atoms with van der Waals surface area (Å²) in [6, 6.07) is 4.83. The van der Waals surface area contributed by atoms with Gasteiger partial charge >= 0.3 is 77.5 Å². The molecule has 2 radical (unpaired) electrons. The molecule has 0 spiro atoms. The third-order valence-electron chi connectivity index (χ3n) is 1.18. The maximum atomic E-state index is 10.5. The van der Waals surface area contributed by atoms with E-state index in [9.17, 15) is 4.79 Å². The zero-order valence-corrected chi connectivity index (χ0v) is 8.05. The molecule has 0 aliphatic rings. The first-order valence-electron chi connectivity index (χ1n) is 2.83. The van der Waals surface area contributed by atoms with Crippen LogP contribution in [0.5, 0.6) is 0 Å². The van der Waals surface area contributed by atoms with Gasteiger partial charge in [0.05, 0.1) is 0 Å². The summed E-state index contributed by atoms with van der Waals surface area (Å²) in [5.41, 5.74) is 0.143. The number of carbonyl (C=O) groups is 1. The molecule has 1 aromatic carbocycles.